The molecule has 1 aromatic carbocycles. The number of carbonyl (C=O) groups is 2. The van der Waals surface area contributed by atoms with E-state index in [0.29, 0.717) is 12.0 Å². The number of Topliss-reactive ketones (excluding diaryl/α,β-unsaturated/α-hetero) is 1. The number of nitrogens with one attached hydrogen (secondary N) is 1. The number of rotatable bonds is 4. The smallest absolute Gasteiger partial charge is 0.336 e. The predicted octanol–water partition coefficient (Wildman–Crippen LogP) is 4.32. The molecule has 0 saturated carbocycles. The second-order valence-electron chi connectivity index (χ2n) is 9.58. The van der Waals surface area contributed by atoms with Gasteiger partial charge in [0.25, 0.3) is 0 Å². The Balaban J connectivity index is 1.72. The van der Waals surface area contributed by atoms with Gasteiger partial charge in [0.05, 0.1) is 11.7 Å². The maximum Gasteiger partial charge on any atom is 0.336 e. The number of benzene rings is 1. The Hall–Kier alpha value is -2.40. The molecule has 2 heterocycles. The van der Waals surface area contributed by atoms with Crippen molar-refractivity contribution in [1.82, 2.24) is 5.32 Å². The molecule has 2 atom stereocenters. The molecule has 0 bridgehead atoms. The number of aryl methyl sites for hydroxylation is 1. The van der Waals surface area contributed by atoms with E-state index in [4.69, 9.17) is 9.47 Å². The molecule has 0 amide bonds. The Morgan fingerprint density at radius 2 is 2.07 bits per heavy atom. The molecule has 2 aliphatic heterocycles. The van der Waals surface area contributed by atoms with Crippen molar-refractivity contribution < 1.29 is 19.1 Å². The molecule has 1 saturated heterocycles. The lowest BCUT2D eigenvalue weighted by Gasteiger charge is -2.39. The van der Waals surface area contributed by atoms with E-state index >= 15 is 0 Å². The van der Waals surface area contributed by atoms with E-state index in [9.17, 15) is 9.59 Å². The van der Waals surface area contributed by atoms with Crippen LogP contribution in [0.15, 0.2) is 46.8 Å². The molecule has 1 aliphatic carbocycles. The summed E-state index contributed by atoms with van der Waals surface area (Å²) in [6.07, 6.45) is 3.14. The third-order valence-electron chi connectivity index (χ3n) is 6.26. The van der Waals surface area contributed by atoms with Crippen LogP contribution in [0.5, 0.6) is 0 Å². The summed E-state index contributed by atoms with van der Waals surface area (Å²) in [4.78, 5) is 26.5. The van der Waals surface area contributed by atoms with Gasteiger partial charge in [-0.05, 0) is 44.1 Å². The quantitative estimate of drug-likeness (QED) is 0.750. The summed E-state index contributed by atoms with van der Waals surface area (Å²) in [5.74, 6) is -0.662. The first-order valence-electron chi connectivity index (χ1n) is 10.8. The van der Waals surface area contributed by atoms with E-state index in [0.717, 1.165) is 54.0 Å². The molecular weight excluding hydrogens is 378 g/mol. The van der Waals surface area contributed by atoms with Crippen molar-refractivity contribution in [2.24, 2.45) is 5.41 Å². The van der Waals surface area contributed by atoms with Crippen LogP contribution in [0.2, 0.25) is 0 Å². The number of dihydropyridines is 1. The minimum absolute atomic E-state index is 0.0317. The van der Waals surface area contributed by atoms with Crippen molar-refractivity contribution in [1.29, 1.82) is 0 Å². The summed E-state index contributed by atoms with van der Waals surface area (Å²) in [7, 11) is 0. The highest BCUT2D eigenvalue weighted by Crippen LogP contribution is 2.46. The highest BCUT2D eigenvalue weighted by molar-refractivity contribution is 6.04. The topological polar surface area (TPSA) is 64.6 Å². The van der Waals surface area contributed by atoms with Crippen LogP contribution in [0.25, 0.3) is 0 Å². The molecule has 1 aromatic rings. The molecule has 1 fully saturated rings. The van der Waals surface area contributed by atoms with E-state index in [-0.39, 0.29) is 29.9 Å². The number of allylic oxidation sites excluding steroid dienone is 3. The van der Waals surface area contributed by atoms with E-state index in [2.05, 4.69) is 25.2 Å². The molecule has 0 unspecified atom stereocenters. The summed E-state index contributed by atoms with van der Waals surface area (Å²) in [6.45, 7) is 9.13. The number of hydrogen-bond donors (Lipinski definition) is 1. The van der Waals surface area contributed by atoms with E-state index in [1.807, 2.05) is 32.0 Å². The van der Waals surface area contributed by atoms with Crippen molar-refractivity contribution in [3.05, 3.63) is 57.9 Å². The van der Waals surface area contributed by atoms with Crippen molar-refractivity contribution in [3.63, 3.8) is 0 Å². The first kappa shape index (κ1) is 20.9. The molecular formula is C25H31NO4. The monoisotopic (exact) mass is 409 g/mol. The lowest BCUT2D eigenvalue weighted by molar-refractivity contribution is -0.142. The fraction of sp³-hybridized carbons (Fsp3) is 0.520. The van der Waals surface area contributed by atoms with E-state index in [1.165, 1.54) is 0 Å². The molecule has 5 nitrogen and oxygen atoms in total. The molecule has 0 spiro atoms. The molecule has 0 aromatic heterocycles. The van der Waals surface area contributed by atoms with Crippen LogP contribution in [0, 0.1) is 12.3 Å². The van der Waals surface area contributed by atoms with Gasteiger partial charge < -0.3 is 14.8 Å². The van der Waals surface area contributed by atoms with Crippen LogP contribution in [0.1, 0.15) is 63.5 Å². The number of hydrogen-bond acceptors (Lipinski definition) is 5. The zero-order chi connectivity index (χ0) is 21.5. The summed E-state index contributed by atoms with van der Waals surface area (Å²) in [6, 6.07) is 8.07. The molecule has 4 rings (SSSR count). The van der Waals surface area contributed by atoms with Crippen LogP contribution in [0.4, 0.5) is 0 Å². The summed E-state index contributed by atoms with van der Waals surface area (Å²) < 4.78 is 11.3. The molecule has 5 heteroatoms. The van der Waals surface area contributed by atoms with Crippen molar-refractivity contribution in [2.75, 3.05) is 13.2 Å². The third-order valence-corrected chi connectivity index (χ3v) is 6.26. The van der Waals surface area contributed by atoms with E-state index < -0.39 is 5.92 Å². The second kappa shape index (κ2) is 8.03. The van der Waals surface area contributed by atoms with Gasteiger partial charge in [-0.2, -0.15) is 0 Å². The third kappa shape index (κ3) is 4.08. The molecule has 0 radical (unpaired) electrons. The first-order valence-corrected chi connectivity index (χ1v) is 10.8. The number of esters is 1. The van der Waals surface area contributed by atoms with Gasteiger partial charge in [0.15, 0.2) is 5.78 Å². The lowest BCUT2D eigenvalue weighted by atomic mass is 9.68. The van der Waals surface area contributed by atoms with Gasteiger partial charge in [0.2, 0.25) is 0 Å². The summed E-state index contributed by atoms with van der Waals surface area (Å²) in [5.41, 5.74) is 4.92. The molecule has 3 aliphatic rings. The normalized spacial score (nSPS) is 25.8. The summed E-state index contributed by atoms with van der Waals surface area (Å²) >= 11 is 0. The molecule has 30 heavy (non-hydrogen) atoms. The van der Waals surface area contributed by atoms with E-state index in [1.54, 1.807) is 0 Å². The maximum absolute atomic E-state index is 13.3. The standard InChI is InChI=1S/C25H31NO4/c1-15-7-5-8-17(11-15)22-21(24(28)30-14-18-9-6-10-29-18)16(2)26-19-12-25(3,4)13-20(27)23(19)22/h5,7-8,11,18,22,26H,6,9-10,12-14H2,1-4H3/t18-,22-/m1/s1. The zero-order valence-electron chi connectivity index (χ0n) is 18.3. The fourth-order valence-corrected chi connectivity index (χ4v) is 4.91. The number of ketones is 1. The highest BCUT2D eigenvalue weighted by atomic mass is 16.6. The minimum Gasteiger partial charge on any atom is -0.459 e. The van der Waals surface area contributed by atoms with Gasteiger partial charge in [-0.1, -0.05) is 43.7 Å². The van der Waals surface area contributed by atoms with Crippen molar-refractivity contribution in [2.45, 2.75) is 65.4 Å². The SMILES string of the molecule is CC1=C(C(=O)OC[C@H]2CCCO2)[C@@H](c2cccc(C)c2)C2=C(CC(C)(C)CC2=O)N1. The van der Waals surface area contributed by atoms with Gasteiger partial charge in [-0.25, -0.2) is 4.79 Å². The Labute approximate surface area is 178 Å². The number of ether oxygens (including phenoxy) is 2. The van der Waals surface area contributed by atoms with Crippen LogP contribution >= 0.6 is 0 Å². The summed E-state index contributed by atoms with van der Waals surface area (Å²) in [5, 5.41) is 3.38. The van der Waals surface area contributed by atoms with Crippen LogP contribution in [0.3, 0.4) is 0 Å². The average Bonchev–Trinajstić information content (AvgIpc) is 3.17. The van der Waals surface area contributed by atoms with Gasteiger partial charge in [-0.3, -0.25) is 4.79 Å². The highest BCUT2D eigenvalue weighted by Gasteiger charge is 2.43. The van der Waals surface area contributed by atoms with Crippen molar-refractivity contribution in [3.8, 4) is 0 Å². The van der Waals surface area contributed by atoms with Gasteiger partial charge >= 0.3 is 5.97 Å². The Kier molecular flexibility index (Phi) is 5.58. The number of carbonyl (C=O) groups excluding carboxylic acids is 2. The largest absolute Gasteiger partial charge is 0.459 e. The van der Waals surface area contributed by atoms with Gasteiger partial charge in [0, 0.05) is 35.9 Å². The molecule has 160 valence electrons. The maximum atomic E-state index is 13.3. The Morgan fingerprint density at radius 1 is 1.27 bits per heavy atom. The predicted molar refractivity (Wildman–Crippen MR) is 115 cm³/mol. The van der Waals surface area contributed by atoms with Crippen LogP contribution in [-0.4, -0.2) is 31.1 Å². The second-order valence-corrected chi connectivity index (χ2v) is 9.58. The Bertz CT molecular complexity index is 934. The Morgan fingerprint density at radius 3 is 2.77 bits per heavy atom. The van der Waals surface area contributed by atoms with Gasteiger partial charge in [-0.15, -0.1) is 0 Å². The van der Waals surface area contributed by atoms with Crippen molar-refractivity contribution >= 4 is 11.8 Å². The first-order chi connectivity index (χ1) is 14.2. The minimum atomic E-state index is -0.401. The van der Waals surface area contributed by atoms with Crippen LogP contribution in [-0.2, 0) is 19.1 Å². The lowest BCUT2D eigenvalue weighted by Crippen LogP contribution is -2.39. The zero-order valence-corrected chi connectivity index (χ0v) is 18.3. The fourth-order valence-electron chi connectivity index (χ4n) is 4.91. The molecule has 1 N–H and O–H groups in total. The average molecular weight is 410 g/mol. The van der Waals surface area contributed by atoms with Crippen LogP contribution < -0.4 is 5.32 Å². The van der Waals surface area contributed by atoms with Gasteiger partial charge in [0.1, 0.15) is 6.61 Å².